The smallest absolute Gasteiger partial charge is 0.231 e. The van der Waals surface area contributed by atoms with Gasteiger partial charge in [-0.15, -0.1) is 0 Å². The van der Waals surface area contributed by atoms with E-state index >= 15 is 0 Å². The Labute approximate surface area is 179 Å². The van der Waals surface area contributed by atoms with Crippen LogP contribution in [0.5, 0.6) is 34.5 Å². The van der Waals surface area contributed by atoms with E-state index in [1.54, 1.807) is 14.2 Å². The van der Waals surface area contributed by atoms with Gasteiger partial charge in [-0.2, -0.15) is 0 Å². The molecule has 31 heavy (non-hydrogen) atoms. The van der Waals surface area contributed by atoms with E-state index in [2.05, 4.69) is 10.5 Å². The molecule has 0 amide bonds. The Hall–Kier alpha value is -3.33. The zero-order valence-corrected chi connectivity index (χ0v) is 17.4. The van der Waals surface area contributed by atoms with Crippen molar-refractivity contribution in [2.75, 3.05) is 34.4 Å². The van der Waals surface area contributed by atoms with Gasteiger partial charge in [0.1, 0.15) is 6.10 Å². The molecule has 9 heteroatoms. The lowest BCUT2D eigenvalue weighted by molar-refractivity contribution is 0.0853. The quantitative estimate of drug-likeness (QED) is 0.687. The zero-order chi connectivity index (χ0) is 21.2. The van der Waals surface area contributed by atoms with Crippen molar-refractivity contribution in [1.82, 2.24) is 5.32 Å². The van der Waals surface area contributed by atoms with Gasteiger partial charge in [-0.3, -0.25) is 0 Å². The highest BCUT2D eigenvalue weighted by Crippen LogP contribution is 2.50. The van der Waals surface area contributed by atoms with Crippen molar-refractivity contribution >= 4 is 5.71 Å². The van der Waals surface area contributed by atoms with Crippen LogP contribution in [0.25, 0.3) is 0 Å². The number of ether oxygens (including phenoxy) is 6. The van der Waals surface area contributed by atoms with Crippen LogP contribution in [0, 0.1) is 0 Å². The molecule has 164 valence electrons. The molecule has 0 spiro atoms. The van der Waals surface area contributed by atoms with E-state index in [4.69, 9.17) is 33.3 Å². The molecule has 3 heterocycles. The molecule has 3 aliphatic rings. The molecule has 0 radical (unpaired) electrons. The molecule has 2 aromatic rings. The first-order valence-electron chi connectivity index (χ1n) is 10.1. The maximum absolute atomic E-state index is 5.67. The summed E-state index contributed by atoms with van der Waals surface area (Å²) < 4.78 is 32.9. The second kappa shape index (κ2) is 8.43. The lowest BCUT2D eigenvalue weighted by atomic mass is 10.0. The third kappa shape index (κ3) is 3.88. The Morgan fingerprint density at radius 3 is 2.68 bits per heavy atom. The van der Waals surface area contributed by atoms with Gasteiger partial charge in [0.15, 0.2) is 23.0 Å². The van der Waals surface area contributed by atoms with E-state index in [0.29, 0.717) is 42.5 Å². The molecule has 0 saturated heterocycles. The highest BCUT2D eigenvalue weighted by molar-refractivity contribution is 5.87. The lowest BCUT2D eigenvalue weighted by Crippen LogP contribution is -2.23. The Morgan fingerprint density at radius 2 is 1.81 bits per heavy atom. The number of nitrogens with one attached hydrogen (secondary N) is 1. The minimum Gasteiger partial charge on any atom is -0.493 e. The molecule has 5 rings (SSSR count). The van der Waals surface area contributed by atoms with Crippen LogP contribution in [0.1, 0.15) is 17.5 Å². The third-order valence-electron chi connectivity index (χ3n) is 5.40. The van der Waals surface area contributed by atoms with Crippen LogP contribution in [-0.4, -0.2) is 46.2 Å². The Balaban J connectivity index is 1.17. The molecule has 0 unspecified atom stereocenters. The van der Waals surface area contributed by atoms with Crippen molar-refractivity contribution < 1.29 is 33.3 Å². The summed E-state index contributed by atoms with van der Waals surface area (Å²) in [6.07, 6.45) is 1.26. The fourth-order valence-corrected chi connectivity index (χ4v) is 3.94. The normalized spacial score (nSPS) is 18.0. The van der Waals surface area contributed by atoms with Gasteiger partial charge in [0.05, 0.1) is 19.9 Å². The predicted molar refractivity (Wildman–Crippen MR) is 111 cm³/mol. The van der Waals surface area contributed by atoms with Gasteiger partial charge in [-0.1, -0.05) is 11.2 Å². The summed E-state index contributed by atoms with van der Waals surface area (Å²) in [5, 5.41) is 7.66. The van der Waals surface area contributed by atoms with Crippen LogP contribution in [0.3, 0.4) is 0 Å². The molecular formula is C22H24N2O7. The molecular weight excluding hydrogens is 404 g/mol. The van der Waals surface area contributed by atoms with Gasteiger partial charge < -0.3 is 38.6 Å². The number of fused-ring (bicyclic) bond motifs is 2. The summed E-state index contributed by atoms with van der Waals surface area (Å²) in [7, 11) is 3.22. The molecule has 0 bridgehead atoms. The summed E-state index contributed by atoms with van der Waals surface area (Å²) >= 11 is 0. The SMILES string of the molecule is COc1cc(C[C@@H]2CC(CNCc3ccc4c(c3)OCO4)=NO2)c(OC)c2c1OCO2. The summed E-state index contributed by atoms with van der Waals surface area (Å²) in [6, 6.07) is 7.85. The highest BCUT2D eigenvalue weighted by Gasteiger charge is 2.30. The average Bonchev–Trinajstić information content (AvgIpc) is 3.54. The monoisotopic (exact) mass is 428 g/mol. The summed E-state index contributed by atoms with van der Waals surface area (Å²) in [6.45, 7) is 1.77. The van der Waals surface area contributed by atoms with E-state index in [1.807, 2.05) is 24.3 Å². The van der Waals surface area contributed by atoms with Gasteiger partial charge in [0, 0.05) is 31.5 Å². The molecule has 0 saturated carbocycles. The first-order chi connectivity index (χ1) is 15.2. The van der Waals surface area contributed by atoms with E-state index in [0.717, 1.165) is 34.8 Å². The van der Waals surface area contributed by atoms with Gasteiger partial charge in [-0.25, -0.2) is 0 Å². The summed E-state index contributed by atoms with van der Waals surface area (Å²) in [5.74, 6) is 3.98. The lowest BCUT2D eigenvalue weighted by Gasteiger charge is -2.15. The number of hydrogen-bond donors (Lipinski definition) is 1. The zero-order valence-electron chi connectivity index (χ0n) is 17.4. The van der Waals surface area contributed by atoms with Gasteiger partial charge in [0.2, 0.25) is 25.1 Å². The summed E-state index contributed by atoms with van der Waals surface area (Å²) in [4.78, 5) is 5.67. The Bertz CT molecular complexity index is 1010. The average molecular weight is 428 g/mol. The van der Waals surface area contributed by atoms with Crippen LogP contribution in [-0.2, 0) is 17.8 Å². The number of oxime groups is 1. The van der Waals surface area contributed by atoms with E-state index < -0.39 is 0 Å². The van der Waals surface area contributed by atoms with Crippen molar-refractivity contribution in [2.24, 2.45) is 5.16 Å². The third-order valence-corrected chi connectivity index (χ3v) is 5.40. The van der Waals surface area contributed by atoms with Crippen LogP contribution >= 0.6 is 0 Å². The Morgan fingerprint density at radius 1 is 0.968 bits per heavy atom. The number of benzene rings is 2. The van der Waals surface area contributed by atoms with Gasteiger partial charge in [-0.05, 0) is 23.8 Å². The maximum atomic E-state index is 5.67. The molecule has 0 fully saturated rings. The van der Waals surface area contributed by atoms with Crippen LogP contribution in [0.4, 0.5) is 0 Å². The summed E-state index contributed by atoms with van der Waals surface area (Å²) in [5.41, 5.74) is 3.02. The van der Waals surface area contributed by atoms with Crippen LogP contribution in [0.15, 0.2) is 29.4 Å². The van der Waals surface area contributed by atoms with Crippen LogP contribution < -0.4 is 33.7 Å². The van der Waals surface area contributed by atoms with Crippen molar-refractivity contribution in [2.45, 2.75) is 25.5 Å². The maximum Gasteiger partial charge on any atom is 0.231 e. The molecule has 9 nitrogen and oxygen atoms in total. The van der Waals surface area contributed by atoms with Crippen molar-refractivity contribution in [3.8, 4) is 34.5 Å². The van der Waals surface area contributed by atoms with E-state index in [1.165, 1.54) is 0 Å². The van der Waals surface area contributed by atoms with Crippen molar-refractivity contribution in [1.29, 1.82) is 0 Å². The largest absolute Gasteiger partial charge is 0.493 e. The second-order valence-corrected chi connectivity index (χ2v) is 7.42. The van der Waals surface area contributed by atoms with Crippen molar-refractivity contribution in [3.63, 3.8) is 0 Å². The van der Waals surface area contributed by atoms with Gasteiger partial charge >= 0.3 is 0 Å². The number of rotatable bonds is 8. The fraction of sp³-hybridized carbons (Fsp3) is 0.409. The minimum atomic E-state index is -0.0821. The van der Waals surface area contributed by atoms with E-state index in [9.17, 15) is 0 Å². The second-order valence-electron chi connectivity index (χ2n) is 7.42. The highest BCUT2D eigenvalue weighted by atomic mass is 16.7. The molecule has 0 aliphatic carbocycles. The number of methoxy groups -OCH3 is 2. The molecule has 2 aromatic carbocycles. The minimum absolute atomic E-state index is 0.0821. The predicted octanol–water partition coefficient (Wildman–Crippen LogP) is 2.64. The van der Waals surface area contributed by atoms with Gasteiger partial charge in [0.25, 0.3) is 0 Å². The van der Waals surface area contributed by atoms with Crippen LogP contribution in [0.2, 0.25) is 0 Å². The first-order valence-corrected chi connectivity index (χ1v) is 10.1. The topological polar surface area (TPSA) is 89.0 Å². The number of nitrogens with zero attached hydrogens (tertiary/aromatic N) is 1. The molecule has 1 N–H and O–H groups in total. The van der Waals surface area contributed by atoms with Crippen molar-refractivity contribution in [3.05, 3.63) is 35.4 Å². The molecule has 0 aromatic heterocycles. The number of hydrogen-bond acceptors (Lipinski definition) is 9. The van der Waals surface area contributed by atoms with E-state index in [-0.39, 0.29) is 19.7 Å². The first kappa shape index (κ1) is 19.6. The molecule has 3 aliphatic heterocycles. The standard InChI is InChI=1S/C22H24N2O7/c1-25-19-7-14(20(26-2)22-21(19)29-12-30-22)6-16-8-15(24-31-16)10-23-9-13-3-4-17-18(5-13)28-11-27-17/h3-5,7,16,23H,6,8-12H2,1-2H3/t16-/m1/s1. The Kier molecular flexibility index (Phi) is 5.33. The molecule has 1 atom stereocenters. The fourth-order valence-electron chi connectivity index (χ4n) is 3.94.